The van der Waals surface area contributed by atoms with Gasteiger partial charge in [0, 0.05) is 12.1 Å². The minimum atomic E-state index is -0.597. The summed E-state index contributed by atoms with van der Waals surface area (Å²) < 4.78 is 16.6. The number of ether oxygens (including phenoxy) is 2. The van der Waals surface area contributed by atoms with Crippen molar-refractivity contribution in [3.05, 3.63) is 63.2 Å². The van der Waals surface area contributed by atoms with Crippen LogP contribution in [0.2, 0.25) is 5.02 Å². The van der Waals surface area contributed by atoms with Crippen LogP contribution in [0.25, 0.3) is 5.65 Å². The molecular formula is C16H13ClN2O5. The van der Waals surface area contributed by atoms with Crippen molar-refractivity contribution in [2.24, 2.45) is 0 Å². The van der Waals surface area contributed by atoms with E-state index >= 15 is 0 Å². The van der Waals surface area contributed by atoms with E-state index in [2.05, 4.69) is 4.98 Å². The molecule has 0 N–H and O–H groups in total. The van der Waals surface area contributed by atoms with Gasteiger partial charge in [-0.15, -0.1) is 4.57 Å². The molecule has 0 bridgehead atoms. The molecule has 24 heavy (non-hydrogen) atoms. The molecule has 0 amide bonds. The molecule has 124 valence electrons. The average molecular weight is 349 g/mol. The van der Waals surface area contributed by atoms with Gasteiger partial charge in [0.05, 0.1) is 10.7 Å². The lowest BCUT2D eigenvalue weighted by Gasteiger charge is -2.07. The van der Waals surface area contributed by atoms with E-state index in [1.807, 2.05) is 0 Å². The van der Waals surface area contributed by atoms with Gasteiger partial charge in [-0.25, -0.2) is 9.78 Å². The fraction of sp³-hybridized carbons (Fsp3) is 0.188. The zero-order valence-corrected chi connectivity index (χ0v) is 13.4. The van der Waals surface area contributed by atoms with E-state index in [1.165, 1.54) is 6.07 Å². The Morgan fingerprint density at radius 2 is 2.12 bits per heavy atom. The molecule has 0 saturated heterocycles. The second-order valence-electron chi connectivity index (χ2n) is 4.96. The first-order valence-corrected chi connectivity index (χ1v) is 7.43. The highest BCUT2D eigenvalue weighted by molar-refractivity contribution is 6.32. The van der Waals surface area contributed by atoms with Gasteiger partial charge >= 0.3 is 5.97 Å². The smallest absolute Gasteiger partial charge is 0.344 e. The van der Waals surface area contributed by atoms with Gasteiger partial charge in [-0.3, -0.25) is 4.79 Å². The Labute approximate surface area is 141 Å². The van der Waals surface area contributed by atoms with Crippen LogP contribution in [0.15, 0.2) is 45.7 Å². The van der Waals surface area contributed by atoms with Gasteiger partial charge < -0.3 is 14.0 Å². The van der Waals surface area contributed by atoms with E-state index in [0.717, 1.165) is 4.57 Å². The van der Waals surface area contributed by atoms with Gasteiger partial charge in [-0.1, -0.05) is 23.7 Å². The lowest BCUT2D eigenvalue weighted by Crippen LogP contribution is -2.17. The monoisotopic (exact) mass is 348 g/mol. The second kappa shape index (κ2) is 6.76. The van der Waals surface area contributed by atoms with Gasteiger partial charge in [0.15, 0.2) is 12.3 Å². The van der Waals surface area contributed by atoms with Crippen molar-refractivity contribution in [3.63, 3.8) is 0 Å². The summed E-state index contributed by atoms with van der Waals surface area (Å²) in [5.41, 5.74) is 0.303. The molecule has 0 fully saturated rings. The predicted molar refractivity (Wildman–Crippen MR) is 85.2 cm³/mol. The van der Waals surface area contributed by atoms with Crippen LogP contribution in [0.5, 0.6) is 5.75 Å². The molecule has 0 unspecified atom stereocenters. The molecule has 3 rings (SSSR count). The summed E-state index contributed by atoms with van der Waals surface area (Å²) in [6, 6.07) is 9.66. The highest BCUT2D eigenvalue weighted by Crippen LogP contribution is 2.22. The molecule has 0 atom stereocenters. The third kappa shape index (κ3) is 3.57. The predicted octanol–water partition coefficient (Wildman–Crippen LogP) is 2.37. The molecule has 0 saturated carbocycles. The van der Waals surface area contributed by atoms with Gasteiger partial charge in [0.1, 0.15) is 18.1 Å². The van der Waals surface area contributed by atoms with Crippen molar-refractivity contribution in [1.82, 2.24) is 9.56 Å². The van der Waals surface area contributed by atoms with Gasteiger partial charge in [-0.2, -0.15) is 0 Å². The minimum Gasteiger partial charge on any atom is -0.480 e. The SMILES string of the molecule is Cc1cc2nc(COC(=O)COc3ccccc3Cl)cc(=O)n2o1. The number of benzene rings is 1. The Morgan fingerprint density at radius 1 is 1.33 bits per heavy atom. The molecule has 0 spiro atoms. The lowest BCUT2D eigenvalue weighted by molar-refractivity contribution is -0.147. The Kier molecular flexibility index (Phi) is 4.52. The molecule has 7 nitrogen and oxygen atoms in total. The van der Waals surface area contributed by atoms with Gasteiger partial charge in [-0.05, 0) is 19.1 Å². The van der Waals surface area contributed by atoms with Crippen LogP contribution in [-0.4, -0.2) is 22.1 Å². The molecule has 0 aliphatic rings. The Hall–Kier alpha value is -2.80. The van der Waals surface area contributed by atoms with E-state index in [0.29, 0.717) is 27.9 Å². The summed E-state index contributed by atoms with van der Waals surface area (Å²) in [5, 5.41) is 0.403. The molecule has 3 aromatic rings. The van der Waals surface area contributed by atoms with Crippen LogP contribution in [0, 0.1) is 6.92 Å². The summed E-state index contributed by atoms with van der Waals surface area (Å²) in [4.78, 5) is 27.8. The van der Waals surface area contributed by atoms with E-state index in [9.17, 15) is 9.59 Å². The number of rotatable bonds is 5. The van der Waals surface area contributed by atoms with Crippen LogP contribution in [-0.2, 0) is 16.1 Å². The Morgan fingerprint density at radius 3 is 2.92 bits per heavy atom. The fourth-order valence-electron chi connectivity index (χ4n) is 2.04. The quantitative estimate of drug-likeness (QED) is 0.658. The first kappa shape index (κ1) is 16.1. The highest BCUT2D eigenvalue weighted by atomic mass is 35.5. The number of fused-ring (bicyclic) bond motifs is 1. The van der Waals surface area contributed by atoms with Crippen molar-refractivity contribution >= 4 is 23.2 Å². The number of hydrogen-bond acceptors (Lipinski definition) is 6. The first-order valence-electron chi connectivity index (χ1n) is 7.05. The lowest BCUT2D eigenvalue weighted by atomic mass is 10.3. The van der Waals surface area contributed by atoms with Crippen LogP contribution >= 0.6 is 11.6 Å². The minimum absolute atomic E-state index is 0.138. The molecule has 0 aliphatic heterocycles. The molecule has 8 heteroatoms. The normalized spacial score (nSPS) is 10.8. The van der Waals surface area contributed by atoms with Gasteiger partial charge in [0.2, 0.25) is 0 Å². The highest BCUT2D eigenvalue weighted by Gasteiger charge is 2.10. The Balaban J connectivity index is 1.60. The summed E-state index contributed by atoms with van der Waals surface area (Å²) in [7, 11) is 0. The largest absolute Gasteiger partial charge is 0.480 e. The second-order valence-corrected chi connectivity index (χ2v) is 5.37. The van der Waals surface area contributed by atoms with Crippen LogP contribution in [0.4, 0.5) is 0 Å². The van der Waals surface area contributed by atoms with Crippen LogP contribution < -0.4 is 10.3 Å². The van der Waals surface area contributed by atoms with E-state index < -0.39 is 5.97 Å². The molecule has 0 radical (unpaired) electrons. The summed E-state index contributed by atoms with van der Waals surface area (Å²) >= 11 is 5.92. The zero-order chi connectivity index (χ0) is 17.1. The van der Waals surface area contributed by atoms with E-state index in [1.54, 1.807) is 37.3 Å². The number of carbonyl (C=O) groups is 1. The van der Waals surface area contributed by atoms with Crippen molar-refractivity contribution < 1.29 is 18.8 Å². The zero-order valence-electron chi connectivity index (χ0n) is 12.7. The van der Waals surface area contributed by atoms with E-state index in [4.69, 9.17) is 25.6 Å². The number of halogens is 1. The van der Waals surface area contributed by atoms with Crippen LogP contribution in [0.1, 0.15) is 11.5 Å². The number of nitrogens with zero attached hydrogens (tertiary/aromatic N) is 2. The third-order valence-corrected chi connectivity index (χ3v) is 3.40. The first-order chi connectivity index (χ1) is 11.5. The summed E-state index contributed by atoms with van der Waals surface area (Å²) in [6.45, 7) is 1.27. The Bertz CT molecular complexity index is 947. The molecular weight excluding hydrogens is 336 g/mol. The summed E-state index contributed by atoms with van der Waals surface area (Å²) in [6.07, 6.45) is 0. The van der Waals surface area contributed by atoms with Crippen molar-refractivity contribution in [3.8, 4) is 5.75 Å². The molecule has 2 heterocycles. The maximum absolute atomic E-state index is 11.9. The van der Waals surface area contributed by atoms with Gasteiger partial charge in [0.25, 0.3) is 5.56 Å². The van der Waals surface area contributed by atoms with E-state index in [-0.39, 0.29) is 18.8 Å². The molecule has 0 aliphatic carbocycles. The summed E-state index contributed by atoms with van der Waals surface area (Å²) in [5.74, 6) is 0.352. The number of carbonyl (C=O) groups excluding carboxylic acids is 1. The third-order valence-electron chi connectivity index (χ3n) is 3.09. The van der Waals surface area contributed by atoms with Crippen LogP contribution in [0.3, 0.4) is 0 Å². The number of aryl methyl sites for hydroxylation is 1. The number of aromatic nitrogens is 2. The van der Waals surface area contributed by atoms with Crippen molar-refractivity contribution in [2.45, 2.75) is 13.5 Å². The number of hydrogen-bond donors (Lipinski definition) is 0. The standard InChI is InChI=1S/C16H13ClN2O5/c1-10-6-14-18-11(7-15(20)19(14)24-10)8-23-16(21)9-22-13-5-3-2-4-12(13)17/h2-7H,8-9H2,1H3. The van der Waals surface area contributed by atoms with Crippen molar-refractivity contribution in [2.75, 3.05) is 6.61 Å². The molecule has 1 aromatic carbocycles. The fourth-order valence-corrected chi connectivity index (χ4v) is 2.23. The average Bonchev–Trinajstić information content (AvgIpc) is 2.93. The number of para-hydroxylation sites is 1. The maximum atomic E-state index is 11.9. The topological polar surface area (TPSA) is 83.0 Å². The van der Waals surface area contributed by atoms with Crippen molar-refractivity contribution in [1.29, 1.82) is 0 Å². The number of esters is 1. The molecule has 2 aromatic heterocycles. The maximum Gasteiger partial charge on any atom is 0.344 e.